The van der Waals surface area contributed by atoms with Crippen molar-refractivity contribution in [3.8, 4) is 0 Å². The van der Waals surface area contributed by atoms with Crippen LogP contribution >= 0.6 is 11.6 Å². The molecule has 12 heavy (non-hydrogen) atoms. The Balaban J connectivity index is 0.000000561. The molecule has 1 heterocycles. The van der Waals surface area contributed by atoms with Crippen molar-refractivity contribution in [3.05, 3.63) is 16.9 Å². The quantitative estimate of drug-likeness (QED) is 0.674. The fourth-order valence-electron chi connectivity index (χ4n) is 0.561. The van der Waals surface area contributed by atoms with Crippen molar-refractivity contribution in [2.45, 2.75) is 27.3 Å². The molecule has 0 unspecified atom stereocenters. The van der Waals surface area contributed by atoms with E-state index in [1.54, 1.807) is 6.92 Å². The highest BCUT2D eigenvalue weighted by Gasteiger charge is 2.08. The minimum atomic E-state index is -2.61. The third kappa shape index (κ3) is 2.77. The van der Waals surface area contributed by atoms with Crippen LogP contribution in [0.5, 0.6) is 0 Å². The van der Waals surface area contributed by atoms with Gasteiger partial charge in [0.15, 0.2) is 5.15 Å². The first kappa shape index (κ1) is 11.4. The number of hydrogen-bond acceptors (Lipinski definition) is 1. The Morgan fingerprint density at radius 3 is 2.17 bits per heavy atom. The Morgan fingerprint density at radius 2 is 2.00 bits per heavy atom. The van der Waals surface area contributed by atoms with E-state index in [2.05, 4.69) is 5.10 Å². The van der Waals surface area contributed by atoms with Gasteiger partial charge in [0.2, 0.25) is 0 Å². The van der Waals surface area contributed by atoms with Crippen LogP contribution in [0, 0.1) is 6.92 Å². The zero-order valence-electron chi connectivity index (χ0n) is 7.18. The lowest BCUT2D eigenvalue weighted by Crippen LogP contribution is -1.97. The summed E-state index contributed by atoms with van der Waals surface area (Å²) in [7, 11) is 0. The first-order valence-electron chi connectivity index (χ1n) is 3.60. The van der Waals surface area contributed by atoms with Gasteiger partial charge in [0.05, 0.1) is 0 Å². The standard InChI is InChI=1S/C5H5ClF2N2.C2H6/c1-3-2-10(5(7)8)9-4(3)6;1-2/h2,5H,1H3;1-2H3. The normalized spacial score (nSPS) is 9.58. The maximum atomic E-state index is 11.8. The van der Waals surface area contributed by atoms with Gasteiger partial charge < -0.3 is 0 Å². The van der Waals surface area contributed by atoms with E-state index in [1.807, 2.05) is 13.8 Å². The molecule has 0 amide bonds. The van der Waals surface area contributed by atoms with Crippen molar-refractivity contribution in [1.29, 1.82) is 0 Å². The van der Waals surface area contributed by atoms with Gasteiger partial charge in [-0.05, 0) is 6.92 Å². The van der Waals surface area contributed by atoms with Crippen LogP contribution in [0.1, 0.15) is 26.0 Å². The van der Waals surface area contributed by atoms with E-state index in [4.69, 9.17) is 11.6 Å². The number of nitrogens with zero attached hydrogens (tertiary/aromatic N) is 2. The molecule has 1 rings (SSSR count). The summed E-state index contributed by atoms with van der Waals surface area (Å²) in [5.41, 5.74) is 0.557. The number of halogens is 3. The third-order valence-corrected chi connectivity index (χ3v) is 1.43. The summed E-state index contributed by atoms with van der Waals surface area (Å²) >= 11 is 5.41. The highest BCUT2D eigenvalue weighted by molar-refractivity contribution is 6.30. The second kappa shape index (κ2) is 5.09. The zero-order chi connectivity index (χ0) is 9.72. The molecular weight excluding hydrogens is 186 g/mol. The van der Waals surface area contributed by atoms with E-state index in [9.17, 15) is 8.78 Å². The van der Waals surface area contributed by atoms with Gasteiger partial charge in [-0.15, -0.1) is 0 Å². The van der Waals surface area contributed by atoms with Crippen LogP contribution in [-0.4, -0.2) is 9.78 Å². The molecule has 2 nitrogen and oxygen atoms in total. The van der Waals surface area contributed by atoms with Crippen molar-refractivity contribution in [3.63, 3.8) is 0 Å². The molecule has 0 saturated carbocycles. The van der Waals surface area contributed by atoms with Crippen LogP contribution < -0.4 is 0 Å². The van der Waals surface area contributed by atoms with Crippen LogP contribution in [0.4, 0.5) is 8.78 Å². The van der Waals surface area contributed by atoms with Gasteiger partial charge in [0, 0.05) is 11.8 Å². The van der Waals surface area contributed by atoms with Gasteiger partial charge in [-0.3, -0.25) is 0 Å². The molecule has 1 aromatic rings. The fraction of sp³-hybridized carbons (Fsp3) is 0.571. The molecule has 0 aliphatic heterocycles. The lowest BCUT2D eigenvalue weighted by atomic mass is 10.4. The zero-order valence-corrected chi connectivity index (χ0v) is 7.94. The molecule has 0 bridgehead atoms. The van der Waals surface area contributed by atoms with Crippen LogP contribution in [0.25, 0.3) is 0 Å². The monoisotopic (exact) mass is 196 g/mol. The minimum absolute atomic E-state index is 0.125. The second-order valence-corrected chi connectivity index (χ2v) is 2.22. The largest absolute Gasteiger partial charge is 0.333 e. The van der Waals surface area contributed by atoms with Crippen molar-refractivity contribution in [2.75, 3.05) is 0 Å². The smallest absolute Gasteiger partial charge is 0.210 e. The van der Waals surface area contributed by atoms with E-state index in [0.29, 0.717) is 10.2 Å². The van der Waals surface area contributed by atoms with Crippen LogP contribution in [0.3, 0.4) is 0 Å². The molecule has 1 aromatic heterocycles. The molecule has 0 aliphatic carbocycles. The van der Waals surface area contributed by atoms with Crippen molar-refractivity contribution >= 4 is 11.6 Å². The van der Waals surface area contributed by atoms with Crippen LogP contribution in [-0.2, 0) is 0 Å². The van der Waals surface area contributed by atoms with Crippen LogP contribution in [0.15, 0.2) is 6.20 Å². The predicted octanol–water partition coefficient (Wildman–Crippen LogP) is 3.27. The molecule has 0 N–H and O–H groups in total. The Morgan fingerprint density at radius 1 is 1.50 bits per heavy atom. The summed E-state index contributed by atoms with van der Waals surface area (Å²) in [4.78, 5) is 0. The lowest BCUT2D eigenvalue weighted by Gasteiger charge is -1.94. The molecule has 0 atom stereocenters. The summed E-state index contributed by atoms with van der Waals surface area (Å²) in [6.45, 7) is 3.01. The number of alkyl halides is 2. The number of rotatable bonds is 1. The molecule has 0 fully saturated rings. The maximum Gasteiger partial charge on any atom is 0.333 e. The van der Waals surface area contributed by atoms with Crippen molar-refractivity contribution in [1.82, 2.24) is 9.78 Å². The van der Waals surface area contributed by atoms with Gasteiger partial charge in [0.25, 0.3) is 0 Å². The highest BCUT2D eigenvalue weighted by atomic mass is 35.5. The summed E-state index contributed by atoms with van der Waals surface area (Å²) in [5, 5.41) is 3.47. The average molecular weight is 197 g/mol. The van der Waals surface area contributed by atoms with Gasteiger partial charge in [-0.2, -0.15) is 13.9 Å². The van der Waals surface area contributed by atoms with E-state index >= 15 is 0 Å². The molecular formula is C7H11ClF2N2. The van der Waals surface area contributed by atoms with Crippen LogP contribution in [0.2, 0.25) is 5.15 Å². The summed E-state index contributed by atoms with van der Waals surface area (Å²) in [6.07, 6.45) is 1.20. The molecule has 70 valence electrons. The summed E-state index contributed by atoms with van der Waals surface area (Å²) in [5.74, 6) is 0. The number of hydrogen-bond donors (Lipinski definition) is 0. The summed E-state index contributed by atoms with van der Waals surface area (Å²) < 4.78 is 24.1. The maximum absolute atomic E-state index is 11.8. The Hall–Kier alpha value is -0.640. The van der Waals surface area contributed by atoms with E-state index < -0.39 is 6.55 Å². The summed E-state index contributed by atoms with van der Waals surface area (Å²) in [6, 6.07) is 0. The van der Waals surface area contributed by atoms with E-state index in [1.165, 1.54) is 6.20 Å². The topological polar surface area (TPSA) is 17.8 Å². The fourth-order valence-corrected chi connectivity index (χ4v) is 0.697. The van der Waals surface area contributed by atoms with E-state index in [0.717, 1.165) is 0 Å². The first-order chi connectivity index (χ1) is 5.61. The lowest BCUT2D eigenvalue weighted by molar-refractivity contribution is 0.0566. The molecule has 0 saturated heterocycles. The van der Waals surface area contributed by atoms with Gasteiger partial charge in [0.1, 0.15) is 0 Å². The molecule has 5 heteroatoms. The first-order valence-corrected chi connectivity index (χ1v) is 3.98. The molecule has 0 aromatic carbocycles. The van der Waals surface area contributed by atoms with E-state index in [-0.39, 0.29) is 5.15 Å². The van der Waals surface area contributed by atoms with Gasteiger partial charge >= 0.3 is 6.55 Å². The molecule has 0 radical (unpaired) electrons. The Kier molecular flexibility index (Phi) is 4.81. The average Bonchev–Trinajstić information content (AvgIpc) is 2.36. The SMILES string of the molecule is CC.Cc1cn(C(F)F)nc1Cl. The Bertz CT molecular complexity index is 216. The molecule has 0 aliphatic rings. The van der Waals surface area contributed by atoms with Gasteiger partial charge in [-0.1, -0.05) is 25.4 Å². The minimum Gasteiger partial charge on any atom is -0.210 e. The highest BCUT2D eigenvalue weighted by Crippen LogP contribution is 2.16. The number of aromatic nitrogens is 2. The third-order valence-electron chi connectivity index (χ3n) is 1.05. The van der Waals surface area contributed by atoms with Crippen molar-refractivity contribution in [2.24, 2.45) is 0 Å². The van der Waals surface area contributed by atoms with Gasteiger partial charge in [-0.25, -0.2) is 4.68 Å². The predicted molar refractivity (Wildman–Crippen MR) is 44.6 cm³/mol. The number of aryl methyl sites for hydroxylation is 1. The molecule has 0 spiro atoms. The Labute approximate surface area is 75.1 Å². The van der Waals surface area contributed by atoms with Crippen molar-refractivity contribution < 1.29 is 8.78 Å². The second-order valence-electron chi connectivity index (χ2n) is 1.86.